The first-order chi connectivity index (χ1) is 8.33. The molecule has 2 atom stereocenters. The van der Waals surface area contributed by atoms with E-state index in [1.807, 2.05) is 0 Å². The third kappa shape index (κ3) is 7.77. The van der Waals surface area contributed by atoms with Crippen LogP contribution in [-0.4, -0.2) is 25.7 Å². The van der Waals surface area contributed by atoms with Crippen molar-refractivity contribution in [1.82, 2.24) is 10.6 Å². The van der Waals surface area contributed by atoms with Crippen molar-refractivity contribution in [3.63, 3.8) is 0 Å². The average molecular weight is 240 g/mol. The maximum atomic E-state index is 3.66. The average Bonchev–Trinajstić information content (AvgIpc) is 2.36. The van der Waals surface area contributed by atoms with E-state index in [1.165, 1.54) is 71.0 Å². The van der Waals surface area contributed by atoms with E-state index in [4.69, 9.17) is 0 Å². The molecule has 1 saturated heterocycles. The van der Waals surface area contributed by atoms with Crippen LogP contribution in [0.4, 0.5) is 0 Å². The van der Waals surface area contributed by atoms with Crippen LogP contribution in [0.2, 0.25) is 0 Å². The first kappa shape index (κ1) is 15.0. The molecule has 0 aromatic rings. The quantitative estimate of drug-likeness (QED) is 0.604. The Balaban J connectivity index is 1.88. The number of hydrogen-bond acceptors (Lipinski definition) is 2. The van der Waals surface area contributed by atoms with E-state index in [0.717, 1.165) is 5.92 Å². The Hall–Kier alpha value is -0.0800. The van der Waals surface area contributed by atoms with Crippen molar-refractivity contribution in [2.24, 2.45) is 5.92 Å². The van der Waals surface area contributed by atoms with Crippen LogP contribution in [0, 0.1) is 5.92 Å². The minimum Gasteiger partial charge on any atom is -0.316 e. The molecule has 0 aromatic carbocycles. The lowest BCUT2D eigenvalue weighted by molar-refractivity contribution is 0.344. The lowest BCUT2D eigenvalue weighted by Gasteiger charge is -2.23. The molecule has 0 aromatic heterocycles. The molecule has 1 aliphatic rings. The van der Waals surface area contributed by atoms with Gasteiger partial charge in [0, 0.05) is 6.04 Å². The van der Waals surface area contributed by atoms with Crippen LogP contribution in [0.5, 0.6) is 0 Å². The van der Waals surface area contributed by atoms with Gasteiger partial charge in [0.25, 0.3) is 0 Å². The second-order valence-electron chi connectivity index (χ2n) is 5.71. The van der Waals surface area contributed by atoms with E-state index in [0.29, 0.717) is 6.04 Å². The normalized spacial score (nSPS) is 22.6. The lowest BCUT2D eigenvalue weighted by Crippen LogP contribution is -2.31. The smallest absolute Gasteiger partial charge is 0.00387 e. The van der Waals surface area contributed by atoms with Crippen LogP contribution in [0.3, 0.4) is 0 Å². The number of rotatable bonds is 9. The summed E-state index contributed by atoms with van der Waals surface area (Å²) in [5.41, 5.74) is 0. The van der Waals surface area contributed by atoms with Crippen molar-refractivity contribution in [2.45, 2.75) is 71.3 Å². The van der Waals surface area contributed by atoms with Gasteiger partial charge in [0.2, 0.25) is 0 Å². The third-order valence-electron chi connectivity index (χ3n) is 3.92. The molecule has 2 N–H and O–H groups in total. The molecule has 0 aliphatic carbocycles. The Kier molecular flexibility index (Phi) is 8.72. The summed E-state index contributed by atoms with van der Waals surface area (Å²) in [7, 11) is 0. The zero-order chi connectivity index (χ0) is 12.3. The Morgan fingerprint density at radius 3 is 2.88 bits per heavy atom. The molecule has 0 saturated carbocycles. The first-order valence-corrected chi connectivity index (χ1v) is 7.77. The summed E-state index contributed by atoms with van der Waals surface area (Å²) in [4.78, 5) is 0. The van der Waals surface area contributed by atoms with Crippen LogP contribution < -0.4 is 10.6 Å². The Labute approximate surface area is 108 Å². The fraction of sp³-hybridized carbons (Fsp3) is 1.00. The molecule has 0 bridgehead atoms. The minimum absolute atomic E-state index is 0.714. The van der Waals surface area contributed by atoms with Gasteiger partial charge in [-0.25, -0.2) is 0 Å². The van der Waals surface area contributed by atoms with Crippen molar-refractivity contribution in [1.29, 1.82) is 0 Å². The summed E-state index contributed by atoms with van der Waals surface area (Å²) in [6.07, 6.45) is 11.0. The fourth-order valence-corrected chi connectivity index (χ4v) is 2.71. The molecule has 1 fully saturated rings. The maximum Gasteiger partial charge on any atom is 0.00387 e. The fourth-order valence-electron chi connectivity index (χ4n) is 2.71. The molecular formula is C15H32N2. The summed E-state index contributed by atoms with van der Waals surface area (Å²) in [5.74, 6) is 0.945. The van der Waals surface area contributed by atoms with Crippen LogP contribution in [0.15, 0.2) is 0 Å². The van der Waals surface area contributed by atoms with Gasteiger partial charge in [0.1, 0.15) is 0 Å². The Bertz CT molecular complexity index is 164. The van der Waals surface area contributed by atoms with Gasteiger partial charge in [-0.1, -0.05) is 26.2 Å². The predicted molar refractivity (Wildman–Crippen MR) is 76.4 cm³/mol. The van der Waals surface area contributed by atoms with E-state index in [-0.39, 0.29) is 0 Å². The van der Waals surface area contributed by atoms with E-state index in [1.54, 1.807) is 0 Å². The molecule has 0 radical (unpaired) electrons. The molecule has 2 nitrogen and oxygen atoms in total. The molecule has 1 aliphatic heterocycles. The van der Waals surface area contributed by atoms with Crippen LogP contribution >= 0.6 is 0 Å². The van der Waals surface area contributed by atoms with Gasteiger partial charge < -0.3 is 10.6 Å². The molecular weight excluding hydrogens is 208 g/mol. The number of piperidine rings is 1. The summed E-state index contributed by atoms with van der Waals surface area (Å²) in [5, 5.41) is 7.16. The molecule has 2 unspecified atom stereocenters. The second-order valence-corrected chi connectivity index (χ2v) is 5.71. The zero-order valence-electron chi connectivity index (χ0n) is 11.9. The van der Waals surface area contributed by atoms with Gasteiger partial charge >= 0.3 is 0 Å². The molecule has 0 spiro atoms. The largest absolute Gasteiger partial charge is 0.316 e. The monoisotopic (exact) mass is 240 g/mol. The molecule has 102 valence electrons. The van der Waals surface area contributed by atoms with E-state index < -0.39 is 0 Å². The summed E-state index contributed by atoms with van der Waals surface area (Å²) < 4.78 is 0. The van der Waals surface area contributed by atoms with E-state index in [2.05, 4.69) is 24.5 Å². The Morgan fingerprint density at radius 2 is 2.18 bits per heavy atom. The highest BCUT2D eigenvalue weighted by atomic mass is 14.9. The number of nitrogens with one attached hydrogen (secondary N) is 2. The molecule has 0 amide bonds. The van der Waals surface area contributed by atoms with E-state index >= 15 is 0 Å². The van der Waals surface area contributed by atoms with Crippen LogP contribution in [0.25, 0.3) is 0 Å². The topological polar surface area (TPSA) is 24.1 Å². The van der Waals surface area contributed by atoms with Crippen molar-refractivity contribution in [2.75, 3.05) is 19.6 Å². The standard InChI is InChI=1S/C15H32N2/c1-3-4-5-8-14(2)17-12-7-10-15-9-6-11-16-13-15/h14-17H,3-13H2,1-2H3. The van der Waals surface area contributed by atoms with Gasteiger partial charge in [-0.3, -0.25) is 0 Å². The number of hydrogen-bond donors (Lipinski definition) is 2. The number of unbranched alkanes of at least 4 members (excludes halogenated alkanes) is 2. The van der Waals surface area contributed by atoms with Gasteiger partial charge in [0.15, 0.2) is 0 Å². The third-order valence-corrected chi connectivity index (χ3v) is 3.92. The Morgan fingerprint density at radius 1 is 1.29 bits per heavy atom. The molecule has 1 heterocycles. The zero-order valence-corrected chi connectivity index (χ0v) is 11.9. The first-order valence-electron chi connectivity index (χ1n) is 7.77. The minimum atomic E-state index is 0.714. The summed E-state index contributed by atoms with van der Waals surface area (Å²) in [6.45, 7) is 8.31. The van der Waals surface area contributed by atoms with Crippen molar-refractivity contribution < 1.29 is 0 Å². The predicted octanol–water partition coefficient (Wildman–Crippen LogP) is 3.32. The molecule has 17 heavy (non-hydrogen) atoms. The van der Waals surface area contributed by atoms with Crippen molar-refractivity contribution in [3.8, 4) is 0 Å². The van der Waals surface area contributed by atoms with Crippen LogP contribution in [-0.2, 0) is 0 Å². The summed E-state index contributed by atoms with van der Waals surface area (Å²) >= 11 is 0. The second kappa shape index (κ2) is 9.90. The van der Waals surface area contributed by atoms with E-state index in [9.17, 15) is 0 Å². The lowest BCUT2D eigenvalue weighted by atomic mass is 9.95. The van der Waals surface area contributed by atoms with Gasteiger partial charge in [0.05, 0.1) is 0 Å². The van der Waals surface area contributed by atoms with Crippen molar-refractivity contribution in [3.05, 3.63) is 0 Å². The highest BCUT2D eigenvalue weighted by Gasteiger charge is 2.12. The SMILES string of the molecule is CCCCCC(C)NCCCC1CCCNC1. The van der Waals surface area contributed by atoms with Gasteiger partial charge in [-0.05, 0) is 64.6 Å². The molecule has 1 rings (SSSR count). The molecule has 2 heteroatoms. The maximum absolute atomic E-state index is 3.66. The van der Waals surface area contributed by atoms with Crippen molar-refractivity contribution >= 4 is 0 Å². The van der Waals surface area contributed by atoms with Gasteiger partial charge in [-0.2, -0.15) is 0 Å². The highest BCUT2D eigenvalue weighted by molar-refractivity contribution is 4.69. The van der Waals surface area contributed by atoms with Gasteiger partial charge in [-0.15, -0.1) is 0 Å². The summed E-state index contributed by atoms with van der Waals surface area (Å²) in [6, 6.07) is 0.714. The van der Waals surface area contributed by atoms with Crippen LogP contribution in [0.1, 0.15) is 65.2 Å². The highest BCUT2D eigenvalue weighted by Crippen LogP contribution is 2.15.